The number of carbonyl (C=O) groups is 1. The van der Waals surface area contributed by atoms with Crippen molar-refractivity contribution in [3.05, 3.63) is 36.0 Å². The molecule has 0 spiro atoms. The number of rotatable bonds is 7. The van der Waals surface area contributed by atoms with E-state index in [0.29, 0.717) is 12.0 Å². The molecule has 2 aromatic rings. The average Bonchev–Trinajstić information content (AvgIpc) is 3.10. The minimum Gasteiger partial charge on any atom is -0.361 e. The second-order valence-corrected chi connectivity index (χ2v) is 7.13. The summed E-state index contributed by atoms with van der Waals surface area (Å²) in [5, 5.41) is 10.9. The molecular formula is C21H31N5O. The molecule has 146 valence electrons. The molecule has 1 amide bonds. The number of carbonyl (C=O) groups excluding carboxylic acids is 1. The van der Waals surface area contributed by atoms with Crippen LogP contribution < -0.4 is 16.0 Å². The van der Waals surface area contributed by atoms with E-state index in [1.807, 2.05) is 13.0 Å². The standard InChI is InChI=1S/C21H31N5O/c1-2-22-21(25-15-20(27)26-17-8-4-3-5-9-17)23-13-12-16-14-24-19-11-7-6-10-18(16)19/h6-7,10-11,14,17,24H,2-5,8-9,12-13,15H2,1H3,(H,26,27)(H2,22,23,25). The Bertz CT molecular complexity index is 761. The molecular weight excluding hydrogens is 338 g/mol. The SMILES string of the molecule is CCNC(=NCC(=O)NC1CCCCC1)NCCc1c[nH]c2ccccc12. The zero-order chi connectivity index (χ0) is 18.9. The number of aliphatic imine (C=N–C) groups is 1. The summed E-state index contributed by atoms with van der Waals surface area (Å²) in [6, 6.07) is 8.65. The molecule has 1 fully saturated rings. The van der Waals surface area contributed by atoms with E-state index in [2.05, 4.69) is 50.3 Å². The predicted octanol–water partition coefficient (Wildman–Crippen LogP) is 2.71. The largest absolute Gasteiger partial charge is 0.361 e. The number of amides is 1. The number of nitrogens with zero attached hydrogens (tertiary/aromatic N) is 1. The van der Waals surface area contributed by atoms with E-state index >= 15 is 0 Å². The number of hydrogen-bond acceptors (Lipinski definition) is 2. The van der Waals surface area contributed by atoms with Crippen molar-refractivity contribution in [1.29, 1.82) is 0 Å². The second-order valence-electron chi connectivity index (χ2n) is 7.13. The highest BCUT2D eigenvalue weighted by Crippen LogP contribution is 2.18. The van der Waals surface area contributed by atoms with Gasteiger partial charge in [-0.2, -0.15) is 0 Å². The van der Waals surface area contributed by atoms with Crippen molar-refractivity contribution in [2.75, 3.05) is 19.6 Å². The summed E-state index contributed by atoms with van der Waals surface area (Å²) < 4.78 is 0. The molecule has 0 unspecified atom stereocenters. The van der Waals surface area contributed by atoms with Gasteiger partial charge in [-0.25, -0.2) is 4.99 Å². The molecule has 1 saturated carbocycles. The van der Waals surface area contributed by atoms with Crippen molar-refractivity contribution in [1.82, 2.24) is 20.9 Å². The number of hydrogen-bond donors (Lipinski definition) is 4. The molecule has 4 N–H and O–H groups in total. The van der Waals surface area contributed by atoms with Gasteiger partial charge in [-0.3, -0.25) is 4.79 Å². The first-order valence-electron chi connectivity index (χ1n) is 10.1. The zero-order valence-corrected chi connectivity index (χ0v) is 16.2. The number of H-pyrrole nitrogens is 1. The fraction of sp³-hybridized carbons (Fsp3) is 0.524. The lowest BCUT2D eigenvalue weighted by Gasteiger charge is -2.22. The van der Waals surface area contributed by atoms with Crippen LogP contribution in [0.5, 0.6) is 0 Å². The summed E-state index contributed by atoms with van der Waals surface area (Å²) in [6.45, 7) is 3.72. The molecule has 27 heavy (non-hydrogen) atoms. The number of aromatic nitrogens is 1. The second kappa shape index (κ2) is 10.00. The van der Waals surface area contributed by atoms with E-state index in [-0.39, 0.29) is 12.5 Å². The van der Waals surface area contributed by atoms with Crippen molar-refractivity contribution in [3.63, 3.8) is 0 Å². The van der Waals surface area contributed by atoms with Gasteiger partial charge in [-0.1, -0.05) is 37.5 Å². The molecule has 0 bridgehead atoms. The summed E-state index contributed by atoms with van der Waals surface area (Å²) >= 11 is 0. The van der Waals surface area contributed by atoms with Crippen LogP contribution in [0.2, 0.25) is 0 Å². The van der Waals surface area contributed by atoms with Gasteiger partial charge in [0, 0.05) is 36.2 Å². The van der Waals surface area contributed by atoms with E-state index in [0.717, 1.165) is 37.9 Å². The third-order valence-electron chi connectivity index (χ3n) is 5.06. The van der Waals surface area contributed by atoms with Crippen molar-refractivity contribution in [2.24, 2.45) is 4.99 Å². The lowest BCUT2D eigenvalue weighted by atomic mass is 9.95. The van der Waals surface area contributed by atoms with E-state index in [4.69, 9.17) is 0 Å². The van der Waals surface area contributed by atoms with Gasteiger partial charge in [0.05, 0.1) is 0 Å². The molecule has 1 heterocycles. The summed E-state index contributed by atoms with van der Waals surface area (Å²) in [7, 11) is 0. The van der Waals surface area contributed by atoms with Gasteiger partial charge in [-0.05, 0) is 37.8 Å². The molecule has 1 aliphatic rings. The van der Waals surface area contributed by atoms with Crippen LogP contribution in [0, 0.1) is 0 Å². The minimum atomic E-state index is 0.00994. The first-order chi connectivity index (χ1) is 13.3. The van der Waals surface area contributed by atoms with Crippen molar-refractivity contribution in [3.8, 4) is 0 Å². The van der Waals surface area contributed by atoms with Gasteiger partial charge in [0.25, 0.3) is 0 Å². The highest BCUT2D eigenvalue weighted by atomic mass is 16.1. The van der Waals surface area contributed by atoms with Crippen LogP contribution >= 0.6 is 0 Å². The van der Waals surface area contributed by atoms with Gasteiger partial charge in [0.15, 0.2) is 5.96 Å². The Labute approximate surface area is 161 Å². The van der Waals surface area contributed by atoms with Crippen LogP contribution in [-0.4, -0.2) is 42.5 Å². The van der Waals surface area contributed by atoms with E-state index in [9.17, 15) is 4.79 Å². The summed E-state index contributed by atoms with van der Waals surface area (Å²) in [4.78, 5) is 19.9. The Morgan fingerprint density at radius 1 is 1.19 bits per heavy atom. The van der Waals surface area contributed by atoms with Gasteiger partial charge in [-0.15, -0.1) is 0 Å². The zero-order valence-electron chi connectivity index (χ0n) is 16.2. The Balaban J connectivity index is 1.47. The quantitative estimate of drug-likeness (QED) is 0.447. The van der Waals surface area contributed by atoms with Gasteiger partial charge in [0.1, 0.15) is 6.54 Å². The summed E-state index contributed by atoms with van der Waals surface area (Å²) in [5.41, 5.74) is 2.44. The number of fused-ring (bicyclic) bond motifs is 1. The number of nitrogens with one attached hydrogen (secondary N) is 4. The molecule has 0 saturated heterocycles. The van der Waals surface area contributed by atoms with Crippen LogP contribution in [0.1, 0.15) is 44.6 Å². The molecule has 3 rings (SSSR count). The Morgan fingerprint density at radius 3 is 2.81 bits per heavy atom. The van der Waals surface area contributed by atoms with Crippen LogP contribution in [0.25, 0.3) is 10.9 Å². The van der Waals surface area contributed by atoms with Crippen molar-refractivity contribution in [2.45, 2.75) is 51.5 Å². The van der Waals surface area contributed by atoms with Gasteiger partial charge in [0.2, 0.25) is 5.91 Å². The minimum absolute atomic E-state index is 0.00994. The van der Waals surface area contributed by atoms with Crippen molar-refractivity contribution >= 4 is 22.8 Å². The molecule has 1 aliphatic carbocycles. The molecule has 6 nitrogen and oxygen atoms in total. The average molecular weight is 370 g/mol. The van der Waals surface area contributed by atoms with Crippen LogP contribution in [0.3, 0.4) is 0 Å². The Morgan fingerprint density at radius 2 is 2.00 bits per heavy atom. The van der Waals surface area contributed by atoms with Crippen LogP contribution in [0.15, 0.2) is 35.5 Å². The lowest BCUT2D eigenvalue weighted by molar-refractivity contribution is -0.120. The van der Waals surface area contributed by atoms with Gasteiger partial charge >= 0.3 is 0 Å². The highest BCUT2D eigenvalue weighted by molar-refractivity contribution is 5.85. The highest BCUT2D eigenvalue weighted by Gasteiger charge is 2.15. The lowest BCUT2D eigenvalue weighted by Crippen LogP contribution is -2.41. The molecule has 6 heteroatoms. The summed E-state index contributed by atoms with van der Waals surface area (Å²) in [5.74, 6) is 0.701. The molecule has 1 aromatic carbocycles. The van der Waals surface area contributed by atoms with Gasteiger partial charge < -0.3 is 20.9 Å². The van der Waals surface area contributed by atoms with Crippen LogP contribution in [-0.2, 0) is 11.2 Å². The maximum absolute atomic E-state index is 12.1. The third kappa shape index (κ3) is 5.74. The number of aromatic amines is 1. The predicted molar refractivity (Wildman–Crippen MR) is 111 cm³/mol. The van der Waals surface area contributed by atoms with E-state index in [1.54, 1.807) is 0 Å². The van der Waals surface area contributed by atoms with Crippen LogP contribution in [0.4, 0.5) is 0 Å². The first-order valence-corrected chi connectivity index (χ1v) is 10.1. The van der Waals surface area contributed by atoms with E-state index in [1.165, 1.54) is 30.2 Å². The van der Waals surface area contributed by atoms with Crippen molar-refractivity contribution < 1.29 is 4.79 Å². The number of benzene rings is 1. The number of para-hydroxylation sites is 1. The molecule has 0 aliphatic heterocycles. The summed E-state index contributed by atoms with van der Waals surface area (Å²) in [6.07, 6.45) is 8.86. The monoisotopic (exact) mass is 369 g/mol. The molecule has 1 aromatic heterocycles. The first kappa shape index (κ1) is 19.3. The number of guanidine groups is 1. The normalized spacial score (nSPS) is 15.7. The smallest absolute Gasteiger partial charge is 0.242 e. The molecule has 0 radical (unpaired) electrons. The Kier molecular flexibility index (Phi) is 7.13. The maximum Gasteiger partial charge on any atom is 0.242 e. The van der Waals surface area contributed by atoms with E-state index < -0.39 is 0 Å². The maximum atomic E-state index is 12.1. The topological polar surface area (TPSA) is 81.3 Å². The fourth-order valence-corrected chi connectivity index (χ4v) is 3.67. The fourth-order valence-electron chi connectivity index (χ4n) is 3.67. The Hall–Kier alpha value is -2.50. The molecule has 0 atom stereocenters. The third-order valence-corrected chi connectivity index (χ3v) is 5.06.